The molecule has 1 aromatic rings. The molecule has 0 aliphatic heterocycles. The fourth-order valence-corrected chi connectivity index (χ4v) is 1.55. The molecule has 0 heterocycles. The lowest BCUT2D eigenvalue weighted by Gasteiger charge is -2.06. The van der Waals surface area contributed by atoms with Gasteiger partial charge in [-0.15, -0.1) is 0 Å². The van der Waals surface area contributed by atoms with Crippen molar-refractivity contribution in [1.82, 2.24) is 5.32 Å². The zero-order chi connectivity index (χ0) is 13.5. The molecule has 1 amide bonds. The van der Waals surface area contributed by atoms with Crippen LogP contribution in [-0.2, 0) is 4.79 Å². The Morgan fingerprint density at radius 2 is 2.06 bits per heavy atom. The highest BCUT2D eigenvalue weighted by Gasteiger charge is 2.05. The van der Waals surface area contributed by atoms with E-state index in [1.807, 2.05) is 19.9 Å². The maximum atomic E-state index is 11.8. The lowest BCUT2D eigenvalue weighted by atomic mass is 10.1. The summed E-state index contributed by atoms with van der Waals surface area (Å²) in [5.41, 5.74) is 2.18. The van der Waals surface area contributed by atoms with E-state index in [1.165, 1.54) is 6.08 Å². The van der Waals surface area contributed by atoms with Gasteiger partial charge in [0.25, 0.3) is 5.91 Å². The van der Waals surface area contributed by atoms with Crippen LogP contribution in [0.5, 0.6) is 0 Å². The summed E-state index contributed by atoms with van der Waals surface area (Å²) in [6.07, 6.45) is 3.41. The van der Waals surface area contributed by atoms with Crippen molar-refractivity contribution in [3.8, 4) is 0 Å². The zero-order valence-electron chi connectivity index (χ0n) is 10.6. The molecule has 0 aliphatic carbocycles. The first-order valence-electron chi connectivity index (χ1n) is 5.84. The van der Waals surface area contributed by atoms with Gasteiger partial charge >= 0.3 is 5.97 Å². The van der Waals surface area contributed by atoms with E-state index >= 15 is 0 Å². The Kier molecular flexibility index (Phi) is 5.11. The molecule has 18 heavy (non-hydrogen) atoms. The quantitative estimate of drug-likeness (QED) is 0.784. The van der Waals surface area contributed by atoms with Crippen molar-refractivity contribution < 1.29 is 14.7 Å². The van der Waals surface area contributed by atoms with Crippen molar-refractivity contribution in [2.45, 2.75) is 20.3 Å². The first-order valence-corrected chi connectivity index (χ1v) is 5.84. The number of nitrogens with one attached hydrogen (secondary N) is 1. The van der Waals surface area contributed by atoms with E-state index in [1.54, 1.807) is 12.1 Å². The Morgan fingerprint density at radius 1 is 1.33 bits per heavy atom. The number of benzene rings is 1. The third kappa shape index (κ3) is 4.41. The summed E-state index contributed by atoms with van der Waals surface area (Å²) in [6.45, 7) is 4.49. The SMILES string of the molecule is CCCNC(=O)c1cc(C)cc(/C=C/C(=O)O)c1. The topological polar surface area (TPSA) is 66.4 Å². The number of hydrogen-bond donors (Lipinski definition) is 2. The minimum absolute atomic E-state index is 0.134. The van der Waals surface area contributed by atoms with Crippen molar-refractivity contribution in [3.63, 3.8) is 0 Å². The monoisotopic (exact) mass is 247 g/mol. The van der Waals surface area contributed by atoms with Crippen molar-refractivity contribution in [1.29, 1.82) is 0 Å². The van der Waals surface area contributed by atoms with E-state index in [2.05, 4.69) is 5.32 Å². The minimum Gasteiger partial charge on any atom is -0.478 e. The highest BCUT2D eigenvalue weighted by molar-refractivity contribution is 5.95. The lowest BCUT2D eigenvalue weighted by molar-refractivity contribution is -0.131. The lowest BCUT2D eigenvalue weighted by Crippen LogP contribution is -2.24. The summed E-state index contributed by atoms with van der Waals surface area (Å²) in [6, 6.07) is 5.29. The van der Waals surface area contributed by atoms with E-state index in [4.69, 9.17) is 5.11 Å². The molecule has 0 atom stereocenters. The van der Waals surface area contributed by atoms with Gasteiger partial charge in [0.15, 0.2) is 0 Å². The van der Waals surface area contributed by atoms with Gasteiger partial charge in [-0.1, -0.05) is 13.0 Å². The Hall–Kier alpha value is -2.10. The molecular weight excluding hydrogens is 230 g/mol. The molecule has 0 unspecified atom stereocenters. The average Bonchev–Trinajstić information content (AvgIpc) is 2.32. The van der Waals surface area contributed by atoms with Gasteiger partial charge in [-0.05, 0) is 42.7 Å². The van der Waals surface area contributed by atoms with Crippen LogP contribution in [0.3, 0.4) is 0 Å². The molecular formula is C14H17NO3. The van der Waals surface area contributed by atoms with Crippen LogP contribution in [0, 0.1) is 6.92 Å². The number of carbonyl (C=O) groups excluding carboxylic acids is 1. The van der Waals surface area contributed by atoms with E-state index < -0.39 is 5.97 Å². The zero-order valence-corrected chi connectivity index (χ0v) is 10.6. The minimum atomic E-state index is -1.01. The number of amides is 1. The smallest absolute Gasteiger partial charge is 0.328 e. The second-order valence-corrected chi connectivity index (χ2v) is 4.06. The van der Waals surface area contributed by atoms with E-state index in [-0.39, 0.29) is 5.91 Å². The molecule has 2 N–H and O–H groups in total. The van der Waals surface area contributed by atoms with E-state index in [9.17, 15) is 9.59 Å². The molecule has 0 saturated heterocycles. The maximum Gasteiger partial charge on any atom is 0.328 e. The molecule has 0 spiro atoms. The normalized spacial score (nSPS) is 10.6. The van der Waals surface area contributed by atoms with Gasteiger partial charge in [0.05, 0.1) is 0 Å². The first kappa shape index (κ1) is 14.0. The van der Waals surface area contributed by atoms with E-state index in [0.29, 0.717) is 17.7 Å². The van der Waals surface area contributed by atoms with Crippen molar-refractivity contribution >= 4 is 18.0 Å². The summed E-state index contributed by atoms with van der Waals surface area (Å²) < 4.78 is 0. The summed E-state index contributed by atoms with van der Waals surface area (Å²) in [5.74, 6) is -1.14. The summed E-state index contributed by atoms with van der Waals surface area (Å²) in [4.78, 5) is 22.2. The number of carbonyl (C=O) groups is 2. The summed E-state index contributed by atoms with van der Waals surface area (Å²) in [5, 5.41) is 11.4. The number of carboxylic acid groups (broad SMARTS) is 1. The van der Waals surface area contributed by atoms with Gasteiger partial charge in [0.1, 0.15) is 0 Å². The molecule has 4 heteroatoms. The van der Waals surface area contributed by atoms with E-state index in [0.717, 1.165) is 18.1 Å². The van der Waals surface area contributed by atoms with Crippen molar-refractivity contribution in [3.05, 3.63) is 41.0 Å². The van der Waals surface area contributed by atoms with Gasteiger partial charge in [0, 0.05) is 18.2 Å². The Morgan fingerprint density at radius 3 is 2.67 bits per heavy atom. The standard InChI is InChI=1S/C14H17NO3/c1-3-6-15-14(18)12-8-10(2)7-11(9-12)4-5-13(16)17/h4-5,7-9H,3,6H2,1-2H3,(H,15,18)(H,16,17)/b5-4+. The predicted molar refractivity (Wildman–Crippen MR) is 70.5 cm³/mol. The molecule has 0 radical (unpaired) electrons. The highest BCUT2D eigenvalue weighted by atomic mass is 16.4. The Bertz CT molecular complexity index is 478. The highest BCUT2D eigenvalue weighted by Crippen LogP contribution is 2.11. The molecule has 0 aliphatic rings. The molecule has 0 aromatic heterocycles. The predicted octanol–water partition coefficient (Wildman–Crippen LogP) is 2.23. The molecule has 1 rings (SSSR count). The number of aryl methyl sites for hydroxylation is 1. The molecule has 0 fully saturated rings. The first-order chi connectivity index (χ1) is 8.52. The van der Waals surface area contributed by atoms with Crippen LogP contribution < -0.4 is 5.32 Å². The largest absolute Gasteiger partial charge is 0.478 e. The van der Waals surface area contributed by atoms with Crippen LogP contribution in [0.1, 0.15) is 34.8 Å². The third-order valence-electron chi connectivity index (χ3n) is 2.32. The number of hydrogen-bond acceptors (Lipinski definition) is 2. The van der Waals surface area contributed by atoms with Crippen LogP contribution in [-0.4, -0.2) is 23.5 Å². The van der Waals surface area contributed by atoms with Crippen molar-refractivity contribution in [2.24, 2.45) is 0 Å². The molecule has 0 saturated carbocycles. The van der Waals surface area contributed by atoms with Gasteiger partial charge in [0.2, 0.25) is 0 Å². The van der Waals surface area contributed by atoms with Crippen LogP contribution in [0.4, 0.5) is 0 Å². The molecule has 0 bridgehead atoms. The number of carboxylic acids is 1. The van der Waals surface area contributed by atoms with Crippen molar-refractivity contribution in [2.75, 3.05) is 6.54 Å². The Labute approximate surface area is 106 Å². The third-order valence-corrected chi connectivity index (χ3v) is 2.32. The summed E-state index contributed by atoms with van der Waals surface area (Å²) in [7, 11) is 0. The average molecular weight is 247 g/mol. The molecule has 1 aromatic carbocycles. The number of aliphatic carboxylic acids is 1. The van der Waals surface area contributed by atoms with Crippen LogP contribution in [0.25, 0.3) is 6.08 Å². The fraction of sp³-hybridized carbons (Fsp3) is 0.286. The van der Waals surface area contributed by atoms with Crippen LogP contribution in [0.2, 0.25) is 0 Å². The van der Waals surface area contributed by atoms with Gasteiger partial charge in [-0.25, -0.2) is 4.79 Å². The number of rotatable bonds is 5. The summed E-state index contributed by atoms with van der Waals surface area (Å²) >= 11 is 0. The fourth-order valence-electron chi connectivity index (χ4n) is 1.55. The maximum absolute atomic E-state index is 11.8. The van der Waals surface area contributed by atoms with Crippen LogP contribution in [0.15, 0.2) is 24.3 Å². The Balaban J connectivity index is 2.93. The van der Waals surface area contributed by atoms with Crippen LogP contribution >= 0.6 is 0 Å². The molecule has 96 valence electrons. The second kappa shape index (κ2) is 6.59. The molecule has 4 nitrogen and oxygen atoms in total. The van der Waals surface area contributed by atoms with Gasteiger partial charge < -0.3 is 10.4 Å². The van der Waals surface area contributed by atoms with Gasteiger partial charge in [-0.2, -0.15) is 0 Å². The van der Waals surface area contributed by atoms with Gasteiger partial charge in [-0.3, -0.25) is 4.79 Å². The second-order valence-electron chi connectivity index (χ2n) is 4.06.